The Bertz CT molecular complexity index is 366. The van der Waals surface area contributed by atoms with E-state index in [2.05, 4.69) is 41.3 Å². The molecular formula is C16H30N4. The molecule has 1 N–H and O–H groups in total. The van der Waals surface area contributed by atoms with E-state index in [0.29, 0.717) is 6.04 Å². The minimum atomic E-state index is 0.651. The van der Waals surface area contributed by atoms with Crippen LogP contribution in [0.2, 0.25) is 0 Å². The van der Waals surface area contributed by atoms with Gasteiger partial charge in [-0.05, 0) is 58.9 Å². The van der Waals surface area contributed by atoms with Crippen LogP contribution in [0, 0.1) is 0 Å². The highest BCUT2D eigenvalue weighted by molar-refractivity contribution is 4.99. The van der Waals surface area contributed by atoms with Gasteiger partial charge in [0.05, 0.1) is 11.7 Å². The highest BCUT2D eigenvalue weighted by Crippen LogP contribution is 2.27. The molecule has 0 aromatic carbocycles. The summed E-state index contributed by atoms with van der Waals surface area (Å²) < 4.78 is 2.20. The summed E-state index contributed by atoms with van der Waals surface area (Å²) in [6.45, 7) is 3.17. The Morgan fingerprint density at radius 2 is 2.05 bits per heavy atom. The van der Waals surface area contributed by atoms with Crippen molar-refractivity contribution in [1.82, 2.24) is 20.0 Å². The van der Waals surface area contributed by atoms with E-state index in [1.54, 1.807) is 0 Å². The van der Waals surface area contributed by atoms with Gasteiger partial charge in [-0.15, -0.1) is 0 Å². The van der Waals surface area contributed by atoms with E-state index in [0.717, 1.165) is 13.1 Å². The van der Waals surface area contributed by atoms with Crippen LogP contribution in [0.15, 0.2) is 12.3 Å². The Labute approximate surface area is 123 Å². The van der Waals surface area contributed by atoms with Gasteiger partial charge in [-0.1, -0.05) is 19.3 Å². The molecule has 4 nitrogen and oxygen atoms in total. The summed E-state index contributed by atoms with van der Waals surface area (Å²) in [7, 11) is 4.26. The Morgan fingerprint density at radius 3 is 2.80 bits per heavy atom. The molecule has 1 aromatic heterocycles. The molecular weight excluding hydrogens is 248 g/mol. The second-order valence-electron chi connectivity index (χ2n) is 6.27. The van der Waals surface area contributed by atoms with Crippen LogP contribution in [0.4, 0.5) is 0 Å². The number of unbranched alkanes of at least 4 members (excludes halogenated alkanes) is 1. The number of hydrogen-bond donors (Lipinski definition) is 1. The van der Waals surface area contributed by atoms with Crippen LogP contribution >= 0.6 is 0 Å². The van der Waals surface area contributed by atoms with Crippen molar-refractivity contribution < 1.29 is 0 Å². The van der Waals surface area contributed by atoms with E-state index >= 15 is 0 Å². The Kier molecular flexibility index (Phi) is 6.54. The molecule has 0 aliphatic heterocycles. The normalized spacial score (nSPS) is 16.9. The van der Waals surface area contributed by atoms with E-state index in [9.17, 15) is 0 Å². The third-order valence-corrected chi connectivity index (χ3v) is 4.13. The molecule has 1 saturated carbocycles. The van der Waals surface area contributed by atoms with Crippen LogP contribution in [-0.4, -0.2) is 41.9 Å². The zero-order valence-corrected chi connectivity index (χ0v) is 13.1. The van der Waals surface area contributed by atoms with Crippen molar-refractivity contribution in [2.24, 2.45) is 0 Å². The summed E-state index contributed by atoms with van der Waals surface area (Å²) >= 11 is 0. The van der Waals surface area contributed by atoms with Gasteiger partial charge in [0.2, 0.25) is 0 Å². The number of aromatic nitrogens is 2. The highest BCUT2D eigenvalue weighted by Gasteiger charge is 2.15. The van der Waals surface area contributed by atoms with Gasteiger partial charge in [-0.3, -0.25) is 4.68 Å². The predicted molar refractivity (Wildman–Crippen MR) is 83.8 cm³/mol. The van der Waals surface area contributed by atoms with Gasteiger partial charge in [-0.2, -0.15) is 5.10 Å². The van der Waals surface area contributed by atoms with Crippen LogP contribution in [0.3, 0.4) is 0 Å². The standard InChI is InChI=1S/C16H30N4/c1-19(2)12-7-6-11-17-14-15-10-13-20(18-15)16-8-4-3-5-9-16/h10,13,16-17H,3-9,11-12,14H2,1-2H3. The average molecular weight is 278 g/mol. The number of rotatable bonds is 8. The summed E-state index contributed by atoms with van der Waals surface area (Å²) in [4.78, 5) is 2.24. The van der Waals surface area contributed by atoms with Gasteiger partial charge >= 0.3 is 0 Å². The molecule has 0 bridgehead atoms. The van der Waals surface area contributed by atoms with Gasteiger partial charge in [-0.25, -0.2) is 0 Å². The Balaban J connectivity index is 1.62. The molecule has 1 heterocycles. The summed E-state index contributed by atoms with van der Waals surface area (Å²) in [5.41, 5.74) is 1.18. The molecule has 0 radical (unpaired) electrons. The summed E-state index contributed by atoms with van der Waals surface area (Å²) in [6, 6.07) is 2.82. The van der Waals surface area contributed by atoms with Crippen molar-refractivity contribution in [3.8, 4) is 0 Å². The topological polar surface area (TPSA) is 33.1 Å². The first kappa shape index (κ1) is 15.5. The molecule has 0 unspecified atom stereocenters. The van der Waals surface area contributed by atoms with Gasteiger partial charge in [0.25, 0.3) is 0 Å². The average Bonchev–Trinajstić information content (AvgIpc) is 2.92. The zero-order valence-electron chi connectivity index (χ0n) is 13.1. The Hall–Kier alpha value is -0.870. The van der Waals surface area contributed by atoms with Crippen molar-refractivity contribution >= 4 is 0 Å². The van der Waals surface area contributed by atoms with Crippen molar-refractivity contribution in [3.63, 3.8) is 0 Å². The largest absolute Gasteiger partial charge is 0.311 e. The van der Waals surface area contributed by atoms with E-state index in [1.807, 2.05) is 0 Å². The van der Waals surface area contributed by atoms with Crippen molar-refractivity contribution in [2.45, 2.75) is 57.5 Å². The Morgan fingerprint density at radius 1 is 1.25 bits per heavy atom. The van der Waals surface area contributed by atoms with Crippen LogP contribution in [0.25, 0.3) is 0 Å². The first-order valence-electron chi connectivity index (χ1n) is 8.15. The lowest BCUT2D eigenvalue weighted by atomic mass is 9.96. The van der Waals surface area contributed by atoms with Crippen molar-refractivity contribution in [3.05, 3.63) is 18.0 Å². The van der Waals surface area contributed by atoms with E-state index in [1.165, 1.54) is 57.2 Å². The first-order chi connectivity index (χ1) is 9.75. The fourth-order valence-electron chi connectivity index (χ4n) is 2.92. The summed E-state index contributed by atoms with van der Waals surface area (Å²) in [6.07, 6.45) is 11.4. The smallest absolute Gasteiger partial charge is 0.0762 e. The molecule has 0 atom stereocenters. The fourth-order valence-corrected chi connectivity index (χ4v) is 2.92. The maximum absolute atomic E-state index is 4.73. The molecule has 1 aliphatic rings. The molecule has 114 valence electrons. The lowest BCUT2D eigenvalue weighted by Crippen LogP contribution is -2.19. The summed E-state index contributed by atoms with van der Waals surface area (Å²) in [5, 5.41) is 8.22. The zero-order chi connectivity index (χ0) is 14.2. The predicted octanol–water partition coefficient (Wildman–Crippen LogP) is 2.82. The quantitative estimate of drug-likeness (QED) is 0.742. The molecule has 1 aromatic rings. The number of nitrogens with one attached hydrogen (secondary N) is 1. The van der Waals surface area contributed by atoms with Gasteiger partial charge in [0.15, 0.2) is 0 Å². The SMILES string of the molecule is CN(C)CCCCNCc1ccn(C2CCCCC2)n1. The fraction of sp³-hybridized carbons (Fsp3) is 0.812. The van der Waals surface area contributed by atoms with E-state index in [-0.39, 0.29) is 0 Å². The third kappa shape index (κ3) is 5.25. The van der Waals surface area contributed by atoms with Crippen LogP contribution < -0.4 is 5.32 Å². The molecule has 0 amide bonds. The molecule has 1 aliphatic carbocycles. The van der Waals surface area contributed by atoms with Gasteiger partial charge in [0, 0.05) is 12.7 Å². The van der Waals surface area contributed by atoms with Gasteiger partial charge in [0.1, 0.15) is 0 Å². The molecule has 0 spiro atoms. The molecule has 1 fully saturated rings. The van der Waals surface area contributed by atoms with E-state index in [4.69, 9.17) is 5.10 Å². The second kappa shape index (κ2) is 8.42. The van der Waals surface area contributed by atoms with Crippen LogP contribution in [-0.2, 0) is 6.54 Å². The van der Waals surface area contributed by atoms with Crippen molar-refractivity contribution in [2.75, 3.05) is 27.2 Å². The lowest BCUT2D eigenvalue weighted by Gasteiger charge is -2.21. The van der Waals surface area contributed by atoms with Crippen LogP contribution in [0.5, 0.6) is 0 Å². The molecule has 0 saturated heterocycles. The first-order valence-corrected chi connectivity index (χ1v) is 8.15. The maximum atomic E-state index is 4.73. The van der Waals surface area contributed by atoms with E-state index < -0.39 is 0 Å². The molecule has 4 heteroatoms. The minimum Gasteiger partial charge on any atom is -0.311 e. The summed E-state index contributed by atoms with van der Waals surface area (Å²) in [5.74, 6) is 0. The second-order valence-corrected chi connectivity index (χ2v) is 6.27. The monoisotopic (exact) mass is 278 g/mol. The van der Waals surface area contributed by atoms with Gasteiger partial charge < -0.3 is 10.2 Å². The number of hydrogen-bond acceptors (Lipinski definition) is 3. The molecule has 20 heavy (non-hydrogen) atoms. The maximum Gasteiger partial charge on any atom is 0.0762 e. The number of nitrogens with zero attached hydrogens (tertiary/aromatic N) is 3. The van der Waals surface area contributed by atoms with Crippen molar-refractivity contribution in [1.29, 1.82) is 0 Å². The van der Waals surface area contributed by atoms with Crippen LogP contribution in [0.1, 0.15) is 56.7 Å². The minimum absolute atomic E-state index is 0.651. The lowest BCUT2D eigenvalue weighted by molar-refractivity contribution is 0.327. The third-order valence-electron chi connectivity index (χ3n) is 4.13. The highest BCUT2D eigenvalue weighted by atomic mass is 15.3. The molecule has 2 rings (SSSR count).